The topological polar surface area (TPSA) is 32.3 Å². The van der Waals surface area contributed by atoms with Gasteiger partial charge in [-0.3, -0.25) is 4.79 Å². The van der Waals surface area contributed by atoms with Crippen molar-refractivity contribution in [3.05, 3.63) is 0 Å². The molecule has 0 aromatic heterocycles. The molecule has 2 unspecified atom stereocenters. The van der Waals surface area contributed by atoms with E-state index in [1.165, 1.54) is 19.3 Å². The summed E-state index contributed by atoms with van der Waals surface area (Å²) < 4.78 is 0. The molecule has 1 saturated carbocycles. The van der Waals surface area contributed by atoms with Gasteiger partial charge in [0, 0.05) is 30.6 Å². The number of piperidine rings is 1. The second-order valence-electron chi connectivity index (χ2n) is 6.94. The van der Waals surface area contributed by atoms with Crippen LogP contribution in [0.15, 0.2) is 0 Å². The summed E-state index contributed by atoms with van der Waals surface area (Å²) in [5.74, 6) is 0.915. The summed E-state index contributed by atoms with van der Waals surface area (Å²) >= 11 is 0. The highest BCUT2D eigenvalue weighted by molar-refractivity contribution is 5.81. The molecule has 2 atom stereocenters. The Labute approximate surface area is 105 Å². The normalized spacial score (nSPS) is 30.5. The van der Waals surface area contributed by atoms with Gasteiger partial charge in [-0.15, -0.1) is 0 Å². The quantitative estimate of drug-likeness (QED) is 0.798. The van der Waals surface area contributed by atoms with Crippen LogP contribution in [0.2, 0.25) is 0 Å². The Hall–Kier alpha value is -0.570. The molecule has 17 heavy (non-hydrogen) atoms. The third kappa shape index (κ3) is 3.44. The zero-order valence-electron chi connectivity index (χ0n) is 11.6. The maximum absolute atomic E-state index is 12.3. The molecular weight excluding hydrogens is 212 g/mol. The number of carbonyl (C=O) groups is 1. The van der Waals surface area contributed by atoms with Crippen LogP contribution in [0, 0.1) is 11.3 Å². The van der Waals surface area contributed by atoms with Crippen LogP contribution >= 0.6 is 0 Å². The third-order valence-corrected chi connectivity index (χ3v) is 3.64. The van der Waals surface area contributed by atoms with Gasteiger partial charge in [-0.2, -0.15) is 0 Å². The molecule has 2 aliphatic rings. The molecule has 3 nitrogen and oxygen atoms in total. The van der Waals surface area contributed by atoms with E-state index in [0.717, 1.165) is 19.1 Å². The lowest BCUT2D eigenvalue weighted by molar-refractivity contribution is -0.141. The number of rotatable bonds is 2. The van der Waals surface area contributed by atoms with Crippen LogP contribution in [-0.2, 0) is 4.79 Å². The molecule has 1 saturated heterocycles. The lowest BCUT2D eigenvalue weighted by Crippen LogP contribution is -2.53. The second kappa shape index (κ2) is 4.60. The number of hydrogen-bond donors (Lipinski definition) is 1. The molecule has 2 rings (SSSR count). The fourth-order valence-corrected chi connectivity index (χ4v) is 2.70. The van der Waals surface area contributed by atoms with Gasteiger partial charge in [0.05, 0.1) is 0 Å². The molecule has 1 aliphatic heterocycles. The minimum absolute atomic E-state index is 0.249. The number of carbonyl (C=O) groups excluding carboxylic acids is 1. The Morgan fingerprint density at radius 3 is 2.35 bits per heavy atom. The highest BCUT2D eigenvalue weighted by Crippen LogP contribution is 2.26. The number of nitrogens with one attached hydrogen (secondary N) is 1. The third-order valence-electron chi connectivity index (χ3n) is 3.64. The Kier molecular flexibility index (Phi) is 3.48. The van der Waals surface area contributed by atoms with Crippen LogP contribution in [0.4, 0.5) is 0 Å². The van der Waals surface area contributed by atoms with Crippen LogP contribution in [0.25, 0.3) is 0 Å². The van der Waals surface area contributed by atoms with Crippen LogP contribution < -0.4 is 5.32 Å². The average molecular weight is 238 g/mol. The van der Waals surface area contributed by atoms with Gasteiger partial charge < -0.3 is 10.2 Å². The van der Waals surface area contributed by atoms with Crippen LogP contribution in [0.1, 0.15) is 47.0 Å². The Bertz CT molecular complexity index is 289. The molecule has 1 aliphatic carbocycles. The highest BCUT2D eigenvalue weighted by Gasteiger charge is 2.35. The first kappa shape index (κ1) is 12.9. The summed E-state index contributed by atoms with van der Waals surface area (Å²) in [4.78, 5) is 14.4. The molecule has 1 N–H and O–H groups in total. The maximum Gasteiger partial charge on any atom is 0.228 e. The molecule has 1 amide bonds. The molecule has 0 spiro atoms. The van der Waals surface area contributed by atoms with Gasteiger partial charge in [0.2, 0.25) is 5.91 Å². The fourth-order valence-electron chi connectivity index (χ4n) is 2.70. The zero-order chi connectivity index (χ0) is 12.6. The smallest absolute Gasteiger partial charge is 0.228 e. The second-order valence-corrected chi connectivity index (χ2v) is 6.94. The lowest BCUT2D eigenvalue weighted by atomic mass is 9.90. The predicted octanol–water partition coefficient (Wildman–Crippen LogP) is 2.02. The predicted molar refractivity (Wildman–Crippen MR) is 69.8 cm³/mol. The molecule has 2 fully saturated rings. The van der Waals surface area contributed by atoms with Gasteiger partial charge in [-0.05, 0) is 25.2 Å². The summed E-state index contributed by atoms with van der Waals surface area (Å²) in [5.41, 5.74) is -0.249. The SMILES string of the molecule is CC1CC(NC2CC2)CN(C(=O)C(C)(C)C)C1. The van der Waals surface area contributed by atoms with Gasteiger partial charge in [0.25, 0.3) is 0 Å². The molecule has 3 heteroatoms. The van der Waals surface area contributed by atoms with E-state index in [0.29, 0.717) is 17.9 Å². The van der Waals surface area contributed by atoms with E-state index in [9.17, 15) is 4.79 Å². The van der Waals surface area contributed by atoms with Crippen molar-refractivity contribution in [1.29, 1.82) is 0 Å². The molecule has 0 radical (unpaired) electrons. The standard InChI is InChI=1S/C14H26N2O/c1-10-7-12(15-11-5-6-11)9-16(8-10)13(17)14(2,3)4/h10-12,15H,5-9H2,1-4H3. The Morgan fingerprint density at radius 1 is 1.18 bits per heavy atom. The minimum atomic E-state index is -0.249. The van der Waals surface area contributed by atoms with Crippen molar-refractivity contribution in [3.8, 4) is 0 Å². The molecule has 0 aromatic carbocycles. The van der Waals surface area contributed by atoms with E-state index in [1.54, 1.807) is 0 Å². The number of hydrogen-bond acceptors (Lipinski definition) is 2. The summed E-state index contributed by atoms with van der Waals surface area (Å²) in [5, 5.41) is 3.67. The first-order chi connectivity index (χ1) is 7.86. The Morgan fingerprint density at radius 2 is 1.82 bits per heavy atom. The summed E-state index contributed by atoms with van der Waals surface area (Å²) in [6.07, 6.45) is 3.85. The van der Waals surface area contributed by atoms with Crippen molar-refractivity contribution in [3.63, 3.8) is 0 Å². The van der Waals surface area contributed by atoms with Crippen molar-refractivity contribution in [1.82, 2.24) is 10.2 Å². The zero-order valence-corrected chi connectivity index (χ0v) is 11.6. The molecule has 0 bridgehead atoms. The average Bonchev–Trinajstić information content (AvgIpc) is 2.98. The molecule has 1 heterocycles. The number of amides is 1. The van der Waals surface area contributed by atoms with E-state index in [1.807, 2.05) is 20.8 Å². The van der Waals surface area contributed by atoms with Gasteiger partial charge in [-0.25, -0.2) is 0 Å². The first-order valence-corrected chi connectivity index (χ1v) is 6.91. The van der Waals surface area contributed by atoms with E-state index in [2.05, 4.69) is 17.1 Å². The van der Waals surface area contributed by atoms with Gasteiger partial charge >= 0.3 is 0 Å². The van der Waals surface area contributed by atoms with Crippen LogP contribution in [0.5, 0.6) is 0 Å². The van der Waals surface area contributed by atoms with E-state index in [4.69, 9.17) is 0 Å². The van der Waals surface area contributed by atoms with E-state index >= 15 is 0 Å². The van der Waals surface area contributed by atoms with Gasteiger partial charge in [0.1, 0.15) is 0 Å². The van der Waals surface area contributed by atoms with Crippen molar-refractivity contribution >= 4 is 5.91 Å². The maximum atomic E-state index is 12.3. The monoisotopic (exact) mass is 238 g/mol. The highest BCUT2D eigenvalue weighted by atomic mass is 16.2. The van der Waals surface area contributed by atoms with Crippen LogP contribution in [-0.4, -0.2) is 36.0 Å². The van der Waals surface area contributed by atoms with E-state index < -0.39 is 0 Å². The van der Waals surface area contributed by atoms with Gasteiger partial charge in [0.15, 0.2) is 0 Å². The Balaban J connectivity index is 1.95. The number of nitrogens with zero attached hydrogens (tertiary/aromatic N) is 1. The largest absolute Gasteiger partial charge is 0.340 e. The van der Waals surface area contributed by atoms with Crippen molar-refractivity contribution in [2.24, 2.45) is 11.3 Å². The lowest BCUT2D eigenvalue weighted by Gasteiger charge is -2.39. The van der Waals surface area contributed by atoms with Crippen LogP contribution in [0.3, 0.4) is 0 Å². The van der Waals surface area contributed by atoms with Crippen molar-refractivity contribution in [2.75, 3.05) is 13.1 Å². The van der Waals surface area contributed by atoms with Crippen molar-refractivity contribution in [2.45, 2.75) is 59.0 Å². The summed E-state index contributed by atoms with van der Waals surface area (Å²) in [7, 11) is 0. The fraction of sp³-hybridized carbons (Fsp3) is 0.929. The molecule has 0 aromatic rings. The minimum Gasteiger partial charge on any atom is -0.340 e. The molecular formula is C14H26N2O. The summed E-state index contributed by atoms with van der Waals surface area (Å²) in [6, 6.07) is 1.24. The number of likely N-dealkylation sites (tertiary alicyclic amines) is 1. The van der Waals surface area contributed by atoms with E-state index in [-0.39, 0.29) is 5.41 Å². The van der Waals surface area contributed by atoms with Gasteiger partial charge in [-0.1, -0.05) is 27.7 Å². The summed E-state index contributed by atoms with van der Waals surface area (Å²) in [6.45, 7) is 10.1. The van der Waals surface area contributed by atoms with Crippen molar-refractivity contribution < 1.29 is 4.79 Å². The first-order valence-electron chi connectivity index (χ1n) is 6.91. The molecule has 98 valence electrons.